The molecule has 0 radical (unpaired) electrons. The molecule has 0 aliphatic heterocycles. The Hall–Kier alpha value is -2.89. The van der Waals surface area contributed by atoms with E-state index < -0.39 is 0 Å². The van der Waals surface area contributed by atoms with E-state index in [1.54, 1.807) is 12.1 Å². The normalized spacial score (nSPS) is 10.6. The zero-order chi connectivity index (χ0) is 15.5. The second-order valence-corrected chi connectivity index (χ2v) is 4.67. The number of nitrogen functional groups attached to an aromatic ring is 1. The van der Waals surface area contributed by atoms with E-state index in [0.717, 1.165) is 11.3 Å². The summed E-state index contributed by atoms with van der Waals surface area (Å²) in [6.07, 6.45) is 0. The van der Waals surface area contributed by atoms with Crippen molar-refractivity contribution in [3.05, 3.63) is 54.3 Å². The number of hydrogen-bond donors (Lipinski definition) is 1. The number of ether oxygens (including phenoxy) is 1. The van der Waals surface area contributed by atoms with Crippen LogP contribution in [0.5, 0.6) is 5.75 Å². The monoisotopic (exact) mass is 298 g/mol. The highest BCUT2D eigenvalue weighted by molar-refractivity contribution is 5.71. The summed E-state index contributed by atoms with van der Waals surface area (Å²) >= 11 is 0. The van der Waals surface area contributed by atoms with Gasteiger partial charge in [0, 0.05) is 5.56 Å². The average Bonchev–Trinajstić information content (AvgIpc) is 2.90. The first kappa shape index (κ1) is 14.1. The maximum absolute atomic E-state index is 13.3. The molecule has 0 unspecified atom stereocenters. The number of rotatable bonds is 4. The van der Waals surface area contributed by atoms with Gasteiger partial charge in [0.15, 0.2) is 5.82 Å². The Balaban J connectivity index is 1.96. The molecule has 0 saturated carbocycles. The van der Waals surface area contributed by atoms with Crippen molar-refractivity contribution in [3.8, 4) is 22.7 Å². The number of hydrogen-bond acceptors (Lipinski definition) is 4. The first-order chi connectivity index (χ1) is 10.7. The largest absolute Gasteiger partial charge is 0.494 e. The Morgan fingerprint density at radius 2 is 1.95 bits per heavy atom. The average molecular weight is 298 g/mol. The minimum absolute atomic E-state index is 0.352. The van der Waals surface area contributed by atoms with Gasteiger partial charge >= 0.3 is 0 Å². The molecule has 112 valence electrons. The van der Waals surface area contributed by atoms with Crippen molar-refractivity contribution in [2.45, 2.75) is 6.92 Å². The highest BCUT2D eigenvalue weighted by Crippen LogP contribution is 2.27. The van der Waals surface area contributed by atoms with Crippen LogP contribution in [0, 0.1) is 5.82 Å². The number of nitrogens with zero attached hydrogens (tertiary/aromatic N) is 3. The Morgan fingerprint density at radius 1 is 1.18 bits per heavy atom. The summed E-state index contributed by atoms with van der Waals surface area (Å²) in [7, 11) is 0. The number of aromatic nitrogens is 3. The molecule has 6 heteroatoms. The number of benzene rings is 2. The lowest BCUT2D eigenvalue weighted by molar-refractivity contribution is 0.340. The molecular formula is C16H15FN4O. The third-order valence-corrected chi connectivity index (χ3v) is 3.20. The van der Waals surface area contributed by atoms with Gasteiger partial charge in [-0.05, 0) is 49.4 Å². The zero-order valence-corrected chi connectivity index (χ0v) is 12.0. The quantitative estimate of drug-likeness (QED) is 0.804. The second-order valence-electron chi connectivity index (χ2n) is 4.67. The molecule has 0 saturated heterocycles. The van der Waals surface area contributed by atoms with Crippen LogP contribution < -0.4 is 10.5 Å². The van der Waals surface area contributed by atoms with E-state index in [-0.39, 0.29) is 5.82 Å². The van der Waals surface area contributed by atoms with Crippen LogP contribution in [0.3, 0.4) is 0 Å². The van der Waals surface area contributed by atoms with Crippen LogP contribution >= 0.6 is 0 Å². The van der Waals surface area contributed by atoms with E-state index in [4.69, 9.17) is 10.5 Å². The molecule has 3 aromatic rings. The van der Waals surface area contributed by atoms with Crippen molar-refractivity contribution in [1.82, 2.24) is 15.0 Å². The second kappa shape index (κ2) is 5.85. The lowest BCUT2D eigenvalue weighted by Gasteiger charge is -2.05. The molecule has 0 amide bonds. The van der Waals surface area contributed by atoms with Crippen molar-refractivity contribution in [2.24, 2.45) is 0 Å². The molecule has 2 aromatic carbocycles. The predicted molar refractivity (Wildman–Crippen MR) is 82.3 cm³/mol. The van der Waals surface area contributed by atoms with Gasteiger partial charge in [-0.1, -0.05) is 11.3 Å². The van der Waals surface area contributed by atoms with E-state index in [2.05, 4.69) is 10.3 Å². The molecule has 0 bridgehead atoms. The molecule has 0 aliphatic carbocycles. The number of anilines is 1. The van der Waals surface area contributed by atoms with E-state index >= 15 is 0 Å². The summed E-state index contributed by atoms with van der Waals surface area (Å²) < 4.78 is 20.1. The summed E-state index contributed by atoms with van der Waals surface area (Å²) in [5.74, 6) is 0.784. The summed E-state index contributed by atoms with van der Waals surface area (Å²) in [5.41, 5.74) is 8.00. The van der Waals surface area contributed by atoms with Crippen LogP contribution in [0.25, 0.3) is 16.9 Å². The van der Waals surface area contributed by atoms with Crippen LogP contribution in [-0.4, -0.2) is 21.6 Å². The predicted octanol–water partition coefficient (Wildman–Crippen LogP) is 3.05. The first-order valence-corrected chi connectivity index (χ1v) is 6.89. The molecule has 0 atom stereocenters. The van der Waals surface area contributed by atoms with Crippen LogP contribution in [0.2, 0.25) is 0 Å². The lowest BCUT2D eigenvalue weighted by Crippen LogP contribution is -2.02. The maximum atomic E-state index is 13.3. The summed E-state index contributed by atoms with van der Waals surface area (Å²) in [4.78, 5) is 0. The molecule has 0 spiro atoms. The molecule has 3 rings (SSSR count). The van der Waals surface area contributed by atoms with Crippen molar-refractivity contribution >= 4 is 5.82 Å². The van der Waals surface area contributed by atoms with Crippen LogP contribution in [0.1, 0.15) is 6.92 Å². The van der Waals surface area contributed by atoms with Gasteiger partial charge in [0.1, 0.15) is 17.3 Å². The van der Waals surface area contributed by atoms with Gasteiger partial charge in [0.25, 0.3) is 0 Å². The third kappa shape index (κ3) is 2.63. The molecule has 22 heavy (non-hydrogen) atoms. The van der Waals surface area contributed by atoms with Gasteiger partial charge in [-0.3, -0.25) is 0 Å². The molecule has 2 N–H and O–H groups in total. The van der Waals surface area contributed by atoms with Gasteiger partial charge in [-0.25, -0.2) is 4.39 Å². The Labute approximate surface area is 127 Å². The minimum Gasteiger partial charge on any atom is -0.494 e. The highest BCUT2D eigenvalue weighted by Gasteiger charge is 2.13. The number of nitrogens with two attached hydrogens (primary N) is 1. The Kier molecular flexibility index (Phi) is 3.74. The highest BCUT2D eigenvalue weighted by atomic mass is 19.1. The SMILES string of the molecule is CCOc1ccc(-c2nnn(-c3cccc(F)c3)c2N)cc1. The molecule has 1 aromatic heterocycles. The van der Waals surface area contributed by atoms with Gasteiger partial charge < -0.3 is 10.5 Å². The Morgan fingerprint density at radius 3 is 2.64 bits per heavy atom. The molecule has 0 aliphatic rings. The molecule has 5 nitrogen and oxygen atoms in total. The molecule has 0 fully saturated rings. The molecular weight excluding hydrogens is 283 g/mol. The third-order valence-electron chi connectivity index (χ3n) is 3.20. The van der Waals surface area contributed by atoms with E-state index in [1.807, 2.05) is 31.2 Å². The standard InChI is InChI=1S/C16H15FN4O/c1-2-22-14-8-6-11(7-9-14)15-16(18)21(20-19-15)13-5-3-4-12(17)10-13/h3-10H,2,18H2,1H3. The van der Waals surface area contributed by atoms with Crippen LogP contribution in [0.4, 0.5) is 10.2 Å². The maximum Gasteiger partial charge on any atom is 0.155 e. The van der Waals surface area contributed by atoms with E-state index in [1.165, 1.54) is 16.8 Å². The van der Waals surface area contributed by atoms with Crippen LogP contribution in [0.15, 0.2) is 48.5 Å². The summed E-state index contributed by atoms with van der Waals surface area (Å²) in [6.45, 7) is 2.54. The lowest BCUT2D eigenvalue weighted by atomic mass is 10.1. The Bertz CT molecular complexity index is 783. The van der Waals surface area contributed by atoms with Gasteiger partial charge in [-0.2, -0.15) is 4.68 Å². The summed E-state index contributed by atoms with van der Waals surface area (Å²) in [6, 6.07) is 13.5. The van der Waals surface area contributed by atoms with Gasteiger partial charge in [0.2, 0.25) is 0 Å². The summed E-state index contributed by atoms with van der Waals surface area (Å²) in [5, 5.41) is 8.10. The smallest absolute Gasteiger partial charge is 0.155 e. The topological polar surface area (TPSA) is 66.0 Å². The first-order valence-electron chi connectivity index (χ1n) is 6.89. The number of halogens is 1. The fourth-order valence-electron chi connectivity index (χ4n) is 2.17. The van der Waals surface area contributed by atoms with Crippen LogP contribution in [-0.2, 0) is 0 Å². The fourth-order valence-corrected chi connectivity index (χ4v) is 2.17. The van der Waals surface area contributed by atoms with Crippen molar-refractivity contribution < 1.29 is 9.13 Å². The van der Waals surface area contributed by atoms with Gasteiger partial charge in [0.05, 0.1) is 12.3 Å². The van der Waals surface area contributed by atoms with Crippen molar-refractivity contribution in [1.29, 1.82) is 0 Å². The van der Waals surface area contributed by atoms with E-state index in [9.17, 15) is 4.39 Å². The fraction of sp³-hybridized carbons (Fsp3) is 0.125. The zero-order valence-electron chi connectivity index (χ0n) is 12.0. The van der Waals surface area contributed by atoms with Gasteiger partial charge in [-0.15, -0.1) is 5.10 Å². The minimum atomic E-state index is -0.352. The van der Waals surface area contributed by atoms with Crippen molar-refractivity contribution in [2.75, 3.05) is 12.3 Å². The van der Waals surface area contributed by atoms with Crippen molar-refractivity contribution in [3.63, 3.8) is 0 Å². The molecule has 1 heterocycles. The van der Waals surface area contributed by atoms with E-state index in [0.29, 0.717) is 23.8 Å².